The molecule has 142 valence electrons. The number of likely N-dealkylation sites (tertiary alicyclic amines) is 1. The molecule has 1 fully saturated rings. The summed E-state index contributed by atoms with van der Waals surface area (Å²) < 4.78 is 0. The second kappa shape index (κ2) is 7.39. The van der Waals surface area contributed by atoms with E-state index in [0.29, 0.717) is 11.5 Å². The van der Waals surface area contributed by atoms with Gasteiger partial charge in [0.15, 0.2) is 0 Å². The Morgan fingerprint density at radius 3 is 2.63 bits per heavy atom. The number of amides is 2. The SMILES string of the molecule is Cc1cc(NC(=O)C(=O)N2[C@@H](c3ccccc3)CCCC2(C)C)cnc1N. The van der Waals surface area contributed by atoms with Crippen molar-refractivity contribution < 1.29 is 9.59 Å². The third-order valence-corrected chi connectivity index (χ3v) is 5.20. The second-order valence-corrected chi connectivity index (χ2v) is 7.69. The van der Waals surface area contributed by atoms with Gasteiger partial charge in [-0.05, 0) is 57.2 Å². The van der Waals surface area contributed by atoms with Crippen molar-refractivity contribution in [2.75, 3.05) is 11.1 Å². The molecule has 27 heavy (non-hydrogen) atoms. The fourth-order valence-electron chi connectivity index (χ4n) is 3.75. The summed E-state index contributed by atoms with van der Waals surface area (Å²) >= 11 is 0. The topological polar surface area (TPSA) is 88.3 Å². The number of nitrogen functional groups attached to an aromatic ring is 1. The standard InChI is InChI=1S/C21H26N4O2/c1-14-12-16(13-23-18(14)22)24-19(26)20(27)25-17(10-7-11-21(25,2)3)15-8-5-4-6-9-15/h4-6,8-9,12-13,17H,7,10-11H2,1-3H3,(H2,22,23)(H,24,26)/t17-/m1/s1. The smallest absolute Gasteiger partial charge is 0.313 e. The van der Waals surface area contributed by atoms with Crippen molar-refractivity contribution in [2.45, 2.75) is 51.6 Å². The Balaban J connectivity index is 1.86. The number of piperidine rings is 1. The van der Waals surface area contributed by atoms with Crippen molar-refractivity contribution in [3.8, 4) is 0 Å². The number of benzene rings is 1. The predicted molar refractivity (Wildman–Crippen MR) is 106 cm³/mol. The summed E-state index contributed by atoms with van der Waals surface area (Å²) in [6.07, 6.45) is 4.18. The molecule has 6 heteroatoms. The van der Waals surface area contributed by atoms with Crippen LogP contribution in [0.2, 0.25) is 0 Å². The Bertz CT molecular complexity index is 849. The maximum Gasteiger partial charge on any atom is 0.313 e. The molecule has 1 aliphatic rings. The number of carbonyl (C=O) groups is 2. The largest absolute Gasteiger partial charge is 0.383 e. The number of anilines is 2. The van der Waals surface area contributed by atoms with Crippen LogP contribution in [-0.4, -0.2) is 27.2 Å². The van der Waals surface area contributed by atoms with E-state index in [-0.39, 0.29) is 6.04 Å². The average Bonchev–Trinajstić information content (AvgIpc) is 2.64. The van der Waals surface area contributed by atoms with Crippen LogP contribution < -0.4 is 11.1 Å². The fraction of sp³-hybridized carbons (Fsp3) is 0.381. The molecule has 1 aromatic carbocycles. The summed E-state index contributed by atoms with van der Waals surface area (Å²) in [5.74, 6) is -0.777. The van der Waals surface area contributed by atoms with E-state index < -0.39 is 17.4 Å². The van der Waals surface area contributed by atoms with E-state index in [1.54, 1.807) is 17.9 Å². The molecule has 6 nitrogen and oxygen atoms in total. The number of hydrogen-bond acceptors (Lipinski definition) is 4. The van der Waals surface area contributed by atoms with Crippen molar-refractivity contribution in [1.29, 1.82) is 0 Å². The van der Waals surface area contributed by atoms with Crippen molar-refractivity contribution in [3.05, 3.63) is 53.7 Å². The van der Waals surface area contributed by atoms with Gasteiger partial charge in [-0.25, -0.2) is 4.98 Å². The molecular formula is C21H26N4O2. The summed E-state index contributed by atoms with van der Waals surface area (Å²) in [6, 6.07) is 11.5. The van der Waals surface area contributed by atoms with Crippen LogP contribution in [0.15, 0.2) is 42.6 Å². The zero-order valence-electron chi connectivity index (χ0n) is 16.0. The Hall–Kier alpha value is -2.89. The van der Waals surface area contributed by atoms with Gasteiger partial charge >= 0.3 is 11.8 Å². The van der Waals surface area contributed by atoms with Crippen LogP contribution in [0.4, 0.5) is 11.5 Å². The number of pyridine rings is 1. The van der Waals surface area contributed by atoms with Gasteiger partial charge in [-0.15, -0.1) is 0 Å². The first-order chi connectivity index (χ1) is 12.8. The zero-order chi connectivity index (χ0) is 19.6. The number of aromatic nitrogens is 1. The number of nitrogens with one attached hydrogen (secondary N) is 1. The number of nitrogens with two attached hydrogens (primary N) is 1. The van der Waals surface area contributed by atoms with Gasteiger partial charge in [-0.2, -0.15) is 0 Å². The van der Waals surface area contributed by atoms with Crippen molar-refractivity contribution in [1.82, 2.24) is 9.88 Å². The van der Waals surface area contributed by atoms with Crippen molar-refractivity contribution >= 4 is 23.3 Å². The second-order valence-electron chi connectivity index (χ2n) is 7.69. The van der Waals surface area contributed by atoms with Gasteiger partial charge in [-0.3, -0.25) is 9.59 Å². The summed E-state index contributed by atoms with van der Waals surface area (Å²) in [6.45, 7) is 5.84. The first-order valence-electron chi connectivity index (χ1n) is 9.21. The van der Waals surface area contributed by atoms with Gasteiger partial charge in [0.2, 0.25) is 0 Å². The highest BCUT2D eigenvalue weighted by molar-refractivity contribution is 6.39. The maximum absolute atomic E-state index is 13.1. The van der Waals surface area contributed by atoms with Gasteiger partial charge in [0.25, 0.3) is 0 Å². The summed E-state index contributed by atoms with van der Waals surface area (Å²) in [5.41, 5.74) is 7.58. The van der Waals surface area contributed by atoms with Gasteiger partial charge in [-0.1, -0.05) is 30.3 Å². The molecule has 1 aliphatic heterocycles. The lowest BCUT2D eigenvalue weighted by molar-refractivity contribution is -0.152. The van der Waals surface area contributed by atoms with Gasteiger partial charge < -0.3 is 16.0 Å². The highest BCUT2D eigenvalue weighted by Gasteiger charge is 2.42. The minimum absolute atomic E-state index is 0.112. The minimum Gasteiger partial charge on any atom is -0.383 e. The molecule has 1 atom stereocenters. The quantitative estimate of drug-likeness (QED) is 0.797. The van der Waals surface area contributed by atoms with E-state index >= 15 is 0 Å². The van der Waals surface area contributed by atoms with Crippen molar-refractivity contribution in [3.63, 3.8) is 0 Å². The van der Waals surface area contributed by atoms with E-state index in [0.717, 1.165) is 30.4 Å². The molecule has 3 N–H and O–H groups in total. The lowest BCUT2D eigenvalue weighted by Gasteiger charge is -2.47. The van der Waals surface area contributed by atoms with Gasteiger partial charge in [0, 0.05) is 5.54 Å². The van der Waals surface area contributed by atoms with E-state index in [2.05, 4.69) is 10.3 Å². The molecule has 0 aliphatic carbocycles. The van der Waals surface area contributed by atoms with Crippen LogP contribution in [-0.2, 0) is 9.59 Å². The van der Waals surface area contributed by atoms with Crippen LogP contribution in [0.25, 0.3) is 0 Å². The minimum atomic E-state index is -0.656. The normalized spacial score (nSPS) is 18.8. The summed E-state index contributed by atoms with van der Waals surface area (Å²) in [7, 11) is 0. The average molecular weight is 366 g/mol. The Morgan fingerprint density at radius 2 is 1.96 bits per heavy atom. The molecule has 1 saturated heterocycles. The number of hydrogen-bond donors (Lipinski definition) is 2. The fourth-order valence-corrected chi connectivity index (χ4v) is 3.75. The number of aryl methyl sites for hydroxylation is 1. The van der Waals surface area contributed by atoms with Crippen LogP contribution in [0.3, 0.4) is 0 Å². The molecule has 0 radical (unpaired) electrons. The van der Waals surface area contributed by atoms with Crippen LogP contribution in [0.1, 0.15) is 50.3 Å². The van der Waals surface area contributed by atoms with E-state index in [1.165, 1.54) is 6.20 Å². The van der Waals surface area contributed by atoms with E-state index in [4.69, 9.17) is 5.73 Å². The van der Waals surface area contributed by atoms with Gasteiger partial charge in [0.1, 0.15) is 5.82 Å². The summed E-state index contributed by atoms with van der Waals surface area (Å²) in [5, 5.41) is 2.67. The number of nitrogens with zero attached hydrogens (tertiary/aromatic N) is 2. The molecule has 3 rings (SSSR count). The Labute approximate surface area is 159 Å². The van der Waals surface area contributed by atoms with Crippen LogP contribution in [0, 0.1) is 6.92 Å². The van der Waals surface area contributed by atoms with Gasteiger partial charge in [0.05, 0.1) is 17.9 Å². The third kappa shape index (κ3) is 3.94. The highest BCUT2D eigenvalue weighted by atomic mass is 16.2. The lowest BCUT2D eigenvalue weighted by Crippen LogP contribution is -2.55. The molecule has 0 saturated carbocycles. The summed E-state index contributed by atoms with van der Waals surface area (Å²) in [4.78, 5) is 31.6. The Kier molecular flexibility index (Phi) is 5.17. The van der Waals surface area contributed by atoms with E-state index in [1.807, 2.05) is 44.2 Å². The van der Waals surface area contributed by atoms with Crippen molar-refractivity contribution in [2.24, 2.45) is 0 Å². The molecule has 2 heterocycles. The zero-order valence-corrected chi connectivity index (χ0v) is 16.0. The molecule has 0 unspecified atom stereocenters. The highest BCUT2D eigenvalue weighted by Crippen LogP contribution is 2.40. The molecular weight excluding hydrogens is 340 g/mol. The molecule has 1 aromatic heterocycles. The first-order valence-corrected chi connectivity index (χ1v) is 9.21. The maximum atomic E-state index is 13.1. The number of carbonyl (C=O) groups excluding carboxylic acids is 2. The third-order valence-electron chi connectivity index (χ3n) is 5.20. The lowest BCUT2D eigenvalue weighted by atomic mass is 9.83. The van der Waals surface area contributed by atoms with E-state index in [9.17, 15) is 9.59 Å². The monoisotopic (exact) mass is 366 g/mol. The molecule has 0 spiro atoms. The molecule has 0 bridgehead atoms. The number of rotatable bonds is 2. The van der Waals surface area contributed by atoms with Crippen LogP contribution in [0.5, 0.6) is 0 Å². The first kappa shape index (κ1) is 18.9. The molecule has 2 aromatic rings. The molecule has 2 amide bonds. The Morgan fingerprint density at radius 1 is 1.26 bits per heavy atom. The van der Waals surface area contributed by atoms with Crippen LogP contribution >= 0.6 is 0 Å². The predicted octanol–water partition coefficient (Wildman–Crippen LogP) is 3.44.